The first-order valence-corrected chi connectivity index (χ1v) is 9.70. The molecule has 1 heterocycles. The summed E-state index contributed by atoms with van der Waals surface area (Å²) < 4.78 is 11.0. The Morgan fingerprint density at radius 3 is 2.04 bits per heavy atom. The Morgan fingerprint density at radius 1 is 0.885 bits per heavy atom. The van der Waals surface area contributed by atoms with Crippen molar-refractivity contribution >= 4 is 0 Å². The molecule has 3 rings (SSSR count). The van der Waals surface area contributed by atoms with Crippen molar-refractivity contribution in [1.29, 1.82) is 0 Å². The second-order valence-electron chi connectivity index (χ2n) is 5.89. The highest BCUT2D eigenvalue weighted by atomic mass is 16.5. The smallest absolute Gasteiger partial charge is 0.129 e. The van der Waals surface area contributed by atoms with Gasteiger partial charge in [0, 0.05) is 36.7 Å². The van der Waals surface area contributed by atoms with Gasteiger partial charge in [-0.1, -0.05) is 64.1 Å². The van der Waals surface area contributed by atoms with E-state index in [1.54, 1.807) is 14.2 Å². The number of hydrogen-bond acceptors (Lipinski definition) is 3. The average Bonchev–Trinajstić information content (AvgIpc) is 2.68. The molecule has 26 heavy (non-hydrogen) atoms. The van der Waals surface area contributed by atoms with E-state index in [9.17, 15) is 0 Å². The summed E-state index contributed by atoms with van der Waals surface area (Å²) in [5.41, 5.74) is 3.74. The van der Waals surface area contributed by atoms with Crippen LogP contribution >= 0.6 is 0 Å². The Kier molecular flexibility index (Phi) is 9.82. The van der Waals surface area contributed by atoms with Crippen LogP contribution in [0.4, 0.5) is 0 Å². The van der Waals surface area contributed by atoms with Crippen molar-refractivity contribution in [3.05, 3.63) is 59.2 Å². The van der Waals surface area contributed by atoms with Crippen LogP contribution in [0.15, 0.2) is 42.5 Å². The molecule has 0 atom stereocenters. The van der Waals surface area contributed by atoms with Gasteiger partial charge in [-0.25, -0.2) is 0 Å². The van der Waals surface area contributed by atoms with E-state index in [0.29, 0.717) is 5.92 Å². The predicted octanol–water partition coefficient (Wildman–Crippen LogP) is 5.66. The van der Waals surface area contributed by atoms with Gasteiger partial charge < -0.3 is 9.47 Å². The van der Waals surface area contributed by atoms with Gasteiger partial charge >= 0.3 is 0 Å². The molecule has 0 aliphatic carbocycles. The second-order valence-corrected chi connectivity index (χ2v) is 5.89. The zero-order chi connectivity index (χ0) is 19.5. The lowest BCUT2D eigenvalue weighted by molar-refractivity contribution is 0.138. The van der Waals surface area contributed by atoms with Crippen LogP contribution in [0, 0.1) is 6.92 Å². The minimum atomic E-state index is 0.659. The Hall–Kier alpha value is -2.00. The number of hydrogen-bond donors (Lipinski definition) is 0. The minimum Gasteiger partial charge on any atom is -0.496 e. The molecule has 1 saturated heterocycles. The quantitative estimate of drug-likeness (QED) is 0.689. The fourth-order valence-electron chi connectivity index (χ4n) is 3.24. The van der Waals surface area contributed by atoms with Crippen LogP contribution in [0.2, 0.25) is 0 Å². The summed E-state index contributed by atoms with van der Waals surface area (Å²) in [7, 11) is 3.43. The molecule has 0 aromatic heterocycles. The zero-order valence-electron chi connectivity index (χ0n) is 17.5. The molecule has 1 aliphatic rings. The summed E-state index contributed by atoms with van der Waals surface area (Å²) in [4.78, 5) is 2.46. The third kappa shape index (κ3) is 5.25. The maximum absolute atomic E-state index is 5.59. The summed E-state index contributed by atoms with van der Waals surface area (Å²) in [6.45, 7) is 13.2. The van der Waals surface area contributed by atoms with Crippen molar-refractivity contribution in [1.82, 2.24) is 4.90 Å². The molecule has 0 saturated carbocycles. The van der Waals surface area contributed by atoms with Crippen LogP contribution in [0.3, 0.4) is 0 Å². The molecule has 0 spiro atoms. The molecule has 144 valence electrons. The number of rotatable bonds is 5. The van der Waals surface area contributed by atoms with Crippen molar-refractivity contribution in [2.45, 2.75) is 47.1 Å². The lowest BCUT2D eigenvalue weighted by Gasteiger charge is -2.40. The van der Waals surface area contributed by atoms with E-state index < -0.39 is 0 Å². The first-order valence-electron chi connectivity index (χ1n) is 9.70. The SMILES string of the molecule is CC.CC.COc1ccc(CN2CC(c3ccccc3)C2)c(OC)c1C. The van der Waals surface area contributed by atoms with Crippen LogP contribution in [0.25, 0.3) is 0 Å². The third-order valence-corrected chi connectivity index (χ3v) is 4.48. The van der Waals surface area contributed by atoms with Crippen molar-refractivity contribution < 1.29 is 9.47 Å². The van der Waals surface area contributed by atoms with E-state index in [1.807, 2.05) is 40.7 Å². The standard InChI is InChI=1S/C19H23NO2.2C2H6/c1-14-18(21-2)10-9-16(19(14)22-3)11-20-12-17(13-20)15-7-5-4-6-8-15;2*1-2/h4-10,17H,11-13H2,1-3H3;2*1-2H3. The molecule has 2 aromatic rings. The molecule has 0 unspecified atom stereocenters. The van der Waals surface area contributed by atoms with Crippen LogP contribution in [-0.2, 0) is 6.54 Å². The van der Waals surface area contributed by atoms with Gasteiger partial charge in [0.1, 0.15) is 11.5 Å². The zero-order valence-corrected chi connectivity index (χ0v) is 17.5. The number of likely N-dealkylation sites (tertiary alicyclic amines) is 1. The van der Waals surface area contributed by atoms with E-state index in [2.05, 4.69) is 41.3 Å². The molecule has 1 fully saturated rings. The highest BCUT2D eigenvalue weighted by Crippen LogP contribution is 2.34. The third-order valence-electron chi connectivity index (χ3n) is 4.48. The maximum atomic E-state index is 5.59. The molecular weight excluding hydrogens is 322 g/mol. The van der Waals surface area contributed by atoms with E-state index in [4.69, 9.17) is 9.47 Å². The molecular formula is C23H35NO2. The normalized spacial score (nSPS) is 13.5. The van der Waals surface area contributed by atoms with E-state index in [0.717, 1.165) is 36.7 Å². The average molecular weight is 358 g/mol. The Labute approximate surface area is 159 Å². The summed E-state index contributed by atoms with van der Waals surface area (Å²) in [6, 6.07) is 14.9. The van der Waals surface area contributed by atoms with E-state index >= 15 is 0 Å². The summed E-state index contributed by atoms with van der Waals surface area (Å²) in [5.74, 6) is 2.49. The van der Waals surface area contributed by atoms with Gasteiger partial charge in [-0.3, -0.25) is 4.90 Å². The highest BCUT2D eigenvalue weighted by Gasteiger charge is 2.28. The fourth-order valence-corrected chi connectivity index (χ4v) is 3.24. The van der Waals surface area contributed by atoms with E-state index in [-0.39, 0.29) is 0 Å². The predicted molar refractivity (Wildman–Crippen MR) is 111 cm³/mol. The van der Waals surface area contributed by atoms with E-state index in [1.165, 1.54) is 11.1 Å². The second kappa shape index (κ2) is 11.6. The first kappa shape index (κ1) is 22.0. The number of ether oxygens (including phenoxy) is 2. The first-order chi connectivity index (χ1) is 12.7. The minimum absolute atomic E-state index is 0.659. The fraction of sp³-hybridized carbons (Fsp3) is 0.478. The monoisotopic (exact) mass is 357 g/mol. The Balaban J connectivity index is 0.000000791. The van der Waals surface area contributed by atoms with Crippen LogP contribution in [0.5, 0.6) is 11.5 Å². The van der Waals surface area contributed by atoms with Gasteiger partial charge in [0.05, 0.1) is 14.2 Å². The highest BCUT2D eigenvalue weighted by molar-refractivity contribution is 5.49. The van der Waals surface area contributed by atoms with Gasteiger partial charge in [-0.2, -0.15) is 0 Å². The molecule has 3 nitrogen and oxygen atoms in total. The van der Waals surface area contributed by atoms with Crippen molar-refractivity contribution in [3.8, 4) is 11.5 Å². The Bertz CT molecular complexity index is 634. The summed E-state index contributed by atoms with van der Waals surface area (Å²) >= 11 is 0. The van der Waals surface area contributed by atoms with Crippen LogP contribution in [0.1, 0.15) is 50.3 Å². The van der Waals surface area contributed by atoms with Gasteiger partial charge in [-0.05, 0) is 18.6 Å². The van der Waals surface area contributed by atoms with Gasteiger partial charge in [0.15, 0.2) is 0 Å². The Morgan fingerprint density at radius 2 is 1.50 bits per heavy atom. The topological polar surface area (TPSA) is 21.7 Å². The largest absolute Gasteiger partial charge is 0.496 e. The van der Waals surface area contributed by atoms with Gasteiger partial charge in [0.2, 0.25) is 0 Å². The van der Waals surface area contributed by atoms with Crippen LogP contribution < -0.4 is 9.47 Å². The molecule has 3 heteroatoms. The van der Waals surface area contributed by atoms with Crippen molar-refractivity contribution in [3.63, 3.8) is 0 Å². The van der Waals surface area contributed by atoms with Crippen molar-refractivity contribution in [2.24, 2.45) is 0 Å². The number of nitrogens with zero attached hydrogens (tertiary/aromatic N) is 1. The van der Waals surface area contributed by atoms with Gasteiger partial charge in [0.25, 0.3) is 0 Å². The number of methoxy groups -OCH3 is 2. The lowest BCUT2D eigenvalue weighted by Crippen LogP contribution is -2.44. The van der Waals surface area contributed by atoms with Crippen molar-refractivity contribution in [2.75, 3.05) is 27.3 Å². The number of benzene rings is 2. The molecule has 0 amide bonds. The molecule has 1 aliphatic heterocycles. The maximum Gasteiger partial charge on any atom is 0.129 e. The van der Waals surface area contributed by atoms with Crippen LogP contribution in [-0.4, -0.2) is 32.2 Å². The molecule has 0 N–H and O–H groups in total. The molecule has 0 bridgehead atoms. The molecule has 2 aromatic carbocycles. The van der Waals surface area contributed by atoms with Gasteiger partial charge in [-0.15, -0.1) is 0 Å². The lowest BCUT2D eigenvalue weighted by atomic mass is 9.91. The summed E-state index contributed by atoms with van der Waals surface area (Å²) in [5, 5.41) is 0. The summed E-state index contributed by atoms with van der Waals surface area (Å²) in [6.07, 6.45) is 0. The molecule has 0 radical (unpaired) electrons.